The molecular weight excluding hydrogens is 262 g/mol. The summed E-state index contributed by atoms with van der Waals surface area (Å²) < 4.78 is 0. The summed E-state index contributed by atoms with van der Waals surface area (Å²) in [5.41, 5.74) is 0.982. The third-order valence-corrected chi connectivity index (χ3v) is 3.68. The minimum atomic E-state index is 0.134. The van der Waals surface area contributed by atoms with Crippen molar-refractivity contribution < 1.29 is 4.79 Å². The van der Waals surface area contributed by atoms with Gasteiger partial charge in [0.2, 0.25) is 11.9 Å². The average molecular weight is 291 g/mol. The Balaban J connectivity index is 2.92. The second-order valence-corrected chi connectivity index (χ2v) is 5.56. The van der Waals surface area contributed by atoms with Crippen molar-refractivity contribution >= 4 is 11.9 Å². The first kappa shape index (κ1) is 17.6. The Morgan fingerprint density at radius 1 is 1.24 bits per heavy atom. The maximum absolute atomic E-state index is 12.5. The number of hydrogen-bond acceptors (Lipinski definition) is 3. The third kappa shape index (κ3) is 5.44. The Labute approximate surface area is 129 Å². The summed E-state index contributed by atoms with van der Waals surface area (Å²) in [5, 5.41) is 0. The fourth-order valence-electron chi connectivity index (χ4n) is 2.41. The molecule has 4 nitrogen and oxygen atoms in total. The second kappa shape index (κ2) is 9.48. The van der Waals surface area contributed by atoms with E-state index in [4.69, 9.17) is 0 Å². The minimum Gasteiger partial charge on any atom is -0.278 e. The number of anilines is 1. The molecule has 4 heteroatoms. The van der Waals surface area contributed by atoms with E-state index in [9.17, 15) is 4.79 Å². The van der Waals surface area contributed by atoms with Crippen LogP contribution in [0, 0.1) is 0 Å². The summed E-state index contributed by atoms with van der Waals surface area (Å²) >= 11 is 0. The van der Waals surface area contributed by atoms with Gasteiger partial charge in [-0.15, -0.1) is 0 Å². The van der Waals surface area contributed by atoms with Crippen molar-refractivity contribution in [3.05, 3.63) is 18.0 Å². The molecule has 1 aromatic rings. The van der Waals surface area contributed by atoms with Crippen molar-refractivity contribution in [2.45, 2.75) is 78.7 Å². The van der Waals surface area contributed by atoms with E-state index in [-0.39, 0.29) is 11.9 Å². The second-order valence-electron chi connectivity index (χ2n) is 5.56. The van der Waals surface area contributed by atoms with Crippen LogP contribution in [0.25, 0.3) is 0 Å². The molecule has 0 saturated heterocycles. The van der Waals surface area contributed by atoms with Gasteiger partial charge in [0.1, 0.15) is 0 Å². The monoisotopic (exact) mass is 291 g/mol. The molecule has 0 saturated carbocycles. The third-order valence-electron chi connectivity index (χ3n) is 3.68. The minimum absolute atomic E-state index is 0.134. The molecule has 0 N–H and O–H groups in total. The van der Waals surface area contributed by atoms with E-state index in [1.165, 1.54) is 12.8 Å². The smallest absolute Gasteiger partial charge is 0.232 e. The van der Waals surface area contributed by atoms with Gasteiger partial charge >= 0.3 is 0 Å². The van der Waals surface area contributed by atoms with E-state index in [1.54, 1.807) is 11.1 Å². The molecule has 0 aliphatic rings. The van der Waals surface area contributed by atoms with Crippen LogP contribution in [0.3, 0.4) is 0 Å². The molecule has 118 valence electrons. The van der Waals surface area contributed by atoms with E-state index in [2.05, 4.69) is 30.7 Å². The normalized spacial score (nSPS) is 12.2. The van der Waals surface area contributed by atoms with Gasteiger partial charge in [0, 0.05) is 24.4 Å². The van der Waals surface area contributed by atoms with Gasteiger partial charge < -0.3 is 0 Å². The van der Waals surface area contributed by atoms with Gasteiger partial charge in [0.25, 0.3) is 0 Å². The van der Waals surface area contributed by atoms with Gasteiger partial charge in [-0.05, 0) is 32.3 Å². The molecule has 0 aliphatic heterocycles. The van der Waals surface area contributed by atoms with Crippen LogP contribution in [0.2, 0.25) is 0 Å². The molecule has 1 amide bonds. The molecule has 0 aliphatic carbocycles. The highest BCUT2D eigenvalue weighted by Crippen LogP contribution is 2.18. The van der Waals surface area contributed by atoms with E-state index in [0.717, 1.165) is 31.4 Å². The molecule has 21 heavy (non-hydrogen) atoms. The number of carbonyl (C=O) groups is 1. The van der Waals surface area contributed by atoms with Crippen LogP contribution >= 0.6 is 0 Å². The summed E-state index contributed by atoms with van der Waals surface area (Å²) in [5.74, 6) is 0.701. The highest BCUT2D eigenvalue weighted by Gasteiger charge is 2.23. The first-order valence-electron chi connectivity index (χ1n) is 8.27. The van der Waals surface area contributed by atoms with Gasteiger partial charge in [-0.1, -0.05) is 40.0 Å². The predicted octanol–water partition coefficient (Wildman–Crippen LogP) is 4.14. The summed E-state index contributed by atoms with van der Waals surface area (Å²) in [6.07, 6.45) is 8.56. The molecule has 0 radical (unpaired) electrons. The molecule has 0 spiro atoms. The van der Waals surface area contributed by atoms with E-state index in [0.29, 0.717) is 12.4 Å². The van der Waals surface area contributed by atoms with Crippen molar-refractivity contribution in [2.24, 2.45) is 0 Å². The number of aryl methyl sites for hydroxylation is 1. The van der Waals surface area contributed by atoms with Crippen molar-refractivity contribution in [1.29, 1.82) is 0 Å². The molecule has 1 unspecified atom stereocenters. The molecule has 0 bridgehead atoms. The number of amides is 1. The van der Waals surface area contributed by atoms with Gasteiger partial charge in [0.05, 0.1) is 0 Å². The topological polar surface area (TPSA) is 46.1 Å². The fraction of sp³-hybridized carbons (Fsp3) is 0.706. The summed E-state index contributed by atoms with van der Waals surface area (Å²) in [7, 11) is 0. The Kier molecular flexibility index (Phi) is 7.95. The lowest BCUT2D eigenvalue weighted by molar-refractivity contribution is -0.119. The van der Waals surface area contributed by atoms with Crippen molar-refractivity contribution in [2.75, 3.05) is 4.90 Å². The Morgan fingerprint density at radius 3 is 2.62 bits per heavy atom. The number of hydrogen-bond donors (Lipinski definition) is 0. The van der Waals surface area contributed by atoms with E-state index in [1.807, 2.05) is 13.0 Å². The highest BCUT2D eigenvalue weighted by molar-refractivity contribution is 5.92. The largest absolute Gasteiger partial charge is 0.278 e. The molecule has 1 heterocycles. The zero-order valence-corrected chi connectivity index (χ0v) is 13.9. The zero-order valence-electron chi connectivity index (χ0n) is 13.9. The summed E-state index contributed by atoms with van der Waals surface area (Å²) in [6.45, 7) is 8.39. The molecule has 0 aromatic carbocycles. The maximum Gasteiger partial charge on any atom is 0.232 e. The van der Waals surface area contributed by atoms with Crippen LogP contribution in [0.5, 0.6) is 0 Å². The first-order chi connectivity index (χ1) is 10.1. The molecule has 0 fully saturated rings. The Bertz CT molecular complexity index is 434. The number of nitrogens with zero attached hydrogens (tertiary/aromatic N) is 3. The van der Waals surface area contributed by atoms with Crippen LogP contribution in [0.4, 0.5) is 5.95 Å². The van der Waals surface area contributed by atoms with E-state index >= 15 is 0 Å². The Morgan fingerprint density at radius 2 is 2.00 bits per heavy atom. The van der Waals surface area contributed by atoms with Gasteiger partial charge in [-0.25, -0.2) is 9.97 Å². The lowest BCUT2D eigenvalue weighted by Gasteiger charge is -2.27. The van der Waals surface area contributed by atoms with Crippen LogP contribution in [-0.2, 0) is 11.2 Å². The van der Waals surface area contributed by atoms with Crippen LogP contribution in [0.1, 0.15) is 71.9 Å². The predicted molar refractivity (Wildman–Crippen MR) is 87.4 cm³/mol. The van der Waals surface area contributed by atoms with Crippen LogP contribution in [-0.4, -0.2) is 21.9 Å². The first-order valence-corrected chi connectivity index (χ1v) is 8.27. The standard InChI is InChI=1S/C17H29N3O/c1-5-8-9-11-14(4)20(16(21)10-6-2)17-18-13-12-15(7-3)19-17/h12-14H,5-11H2,1-4H3. The summed E-state index contributed by atoms with van der Waals surface area (Å²) in [6, 6.07) is 2.07. The van der Waals surface area contributed by atoms with E-state index < -0.39 is 0 Å². The quantitative estimate of drug-likeness (QED) is 0.642. The maximum atomic E-state index is 12.5. The van der Waals surface area contributed by atoms with Crippen molar-refractivity contribution in [1.82, 2.24) is 9.97 Å². The van der Waals surface area contributed by atoms with Crippen LogP contribution in [0.15, 0.2) is 12.3 Å². The molecule has 1 rings (SSSR count). The van der Waals surface area contributed by atoms with Gasteiger partial charge in [0.15, 0.2) is 0 Å². The zero-order chi connectivity index (χ0) is 15.7. The van der Waals surface area contributed by atoms with Crippen LogP contribution < -0.4 is 4.90 Å². The lowest BCUT2D eigenvalue weighted by Crippen LogP contribution is -2.40. The number of aromatic nitrogens is 2. The van der Waals surface area contributed by atoms with Crippen molar-refractivity contribution in [3.63, 3.8) is 0 Å². The summed E-state index contributed by atoms with van der Waals surface area (Å²) in [4.78, 5) is 23.1. The lowest BCUT2D eigenvalue weighted by atomic mass is 10.1. The number of carbonyl (C=O) groups excluding carboxylic acids is 1. The average Bonchev–Trinajstić information content (AvgIpc) is 2.48. The Hall–Kier alpha value is -1.45. The molecule has 1 aromatic heterocycles. The fourth-order valence-corrected chi connectivity index (χ4v) is 2.41. The number of unbranched alkanes of at least 4 members (excludes halogenated alkanes) is 2. The SMILES string of the molecule is CCCCCC(C)N(C(=O)CCC)c1nccc(CC)n1. The highest BCUT2D eigenvalue weighted by atomic mass is 16.2. The molecular formula is C17H29N3O. The van der Waals surface area contributed by atoms with Gasteiger partial charge in [-0.2, -0.15) is 0 Å². The van der Waals surface area contributed by atoms with Gasteiger partial charge in [-0.3, -0.25) is 9.69 Å². The number of rotatable bonds is 9. The molecule has 1 atom stereocenters. The van der Waals surface area contributed by atoms with Crippen molar-refractivity contribution in [3.8, 4) is 0 Å².